The Morgan fingerprint density at radius 1 is 1.47 bits per heavy atom. The van der Waals surface area contributed by atoms with Crippen molar-refractivity contribution in [2.45, 2.75) is 19.4 Å². The second-order valence-corrected chi connectivity index (χ2v) is 5.17. The molecule has 0 radical (unpaired) electrons. The van der Waals surface area contributed by atoms with E-state index in [-0.39, 0.29) is 0 Å². The van der Waals surface area contributed by atoms with Gasteiger partial charge in [-0.1, -0.05) is 24.6 Å². The van der Waals surface area contributed by atoms with Crippen LogP contribution in [0.25, 0.3) is 0 Å². The maximum absolute atomic E-state index is 6.03. The third kappa shape index (κ3) is 4.41. The average molecular weight is 274 g/mol. The lowest BCUT2D eigenvalue weighted by molar-refractivity contribution is 0.413. The Hall–Kier alpha value is -0.380. The maximum Gasteiger partial charge on any atom is 0.137 e. The Morgan fingerprint density at radius 2 is 2.24 bits per heavy atom. The summed E-state index contributed by atoms with van der Waals surface area (Å²) >= 11 is 7.87. The fraction of sp³-hybridized carbons (Fsp3) is 0.538. The highest BCUT2D eigenvalue weighted by Gasteiger charge is 2.12. The minimum Gasteiger partial charge on any atom is -0.495 e. The van der Waals surface area contributed by atoms with Crippen molar-refractivity contribution in [2.75, 3.05) is 25.7 Å². The zero-order valence-electron chi connectivity index (χ0n) is 10.6. The van der Waals surface area contributed by atoms with Crippen LogP contribution >= 0.6 is 23.4 Å². The molecule has 0 aromatic heterocycles. The van der Waals surface area contributed by atoms with Crippen molar-refractivity contribution in [2.24, 2.45) is 0 Å². The first-order valence-corrected chi connectivity index (χ1v) is 7.55. The molecule has 1 rings (SSSR count). The van der Waals surface area contributed by atoms with Crippen LogP contribution in [0, 0.1) is 0 Å². The molecule has 0 bridgehead atoms. The van der Waals surface area contributed by atoms with Crippen LogP contribution in [-0.2, 0) is 0 Å². The predicted octanol–water partition coefficient (Wildman–Crippen LogP) is 3.75. The molecule has 0 amide bonds. The first kappa shape index (κ1) is 14.7. The second-order valence-electron chi connectivity index (χ2n) is 3.86. The number of benzene rings is 1. The summed E-state index contributed by atoms with van der Waals surface area (Å²) in [6.45, 7) is 3.20. The van der Waals surface area contributed by atoms with Crippen LogP contribution < -0.4 is 10.1 Å². The molecule has 4 heteroatoms. The summed E-state index contributed by atoms with van der Waals surface area (Å²) in [6.07, 6.45) is 3.25. The Labute approximate surface area is 113 Å². The van der Waals surface area contributed by atoms with Crippen molar-refractivity contribution < 1.29 is 4.74 Å². The summed E-state index contributed by atoms with van der Waals surface area (Å²) < 4.78 is 5.25. The van der Waals surface area contributed by atoms with E-state index in [1.54, 1.807) is 7.11 Å². The van der Waals surface area contributed by atoms with Gasteiger partial charge in [0, 0.05) is 11.8 Å². The number of hydrogen-bond acceptors (Lipinski definition) is 3. The highest BCUT2D eigenvalue weighted by atomic mass is 35.5. The number of ether oxygens (including phenoxy) is 1. The van der Waals surface area contributed by atoms with Crippen molar-refractivity contribution in [1.82, 2.24) is 5.32 Å². The molecule has 0 fully saturated rings. The number of rotatable bonds is 7. The van der Waals surface area contributed by atoms with Gasteiger partial charge in [-0.2, -0.15) is 11.8 Å². The number of methoxy groups -OCH3 is 1. The van der Waals surface area contributed by atoms with Gasteiger partial charge < -0.3 is 10.1 Å². The van der Waals surface area contributed by atoms with Gasteiger partial charge in [0.1, 0.15) is 5.75 Å². The monoisotopic (exact) mass is 273 g/mol. The summed E-state index contributed by atoms with van der Waals surface area (Å²) in [5.74, 6) is 1.79. The molecular formula is C13H20ClNOS. The van der Waals surface area contributed by atoms with Crippen LogP contribution in [0.5, 0.6) is 5.75 Å². The highest BCUT2D eigenvalue weighted by molar-refractivity contribution is 7.98. The third-order valence-electron chi connectivity index (χ3n) is 2.55. The molecule has 0 saturated carbocycles. The molecule has 96 valence electrons. The fourth-order valence-corrected chi connectivity index (χ4v) is 2.49. The van der Waals surface area contributed by atoms with Gasteiger partial charge in [0.25, 0.3) is 0 Å². The smallest absolute Gasteiger partial charge is 0.137 e. The van der Waals surface area contributed by atoms with Crippen molar-refractivity contribution in [1.29, 1.82) is 0 Å². The van der Waals surface area contributed by atoms with Gasteiger partial charge in [-0.15, -0.1) is 0 Å². The van der Waals surface area contributed by atoms with Crippen LogP contribution in [0.2, 0.25) is 5.02 Å². The van der Waals surface area contributed by atoms with Crippen molar-refractivity contribution >= 4 is 23.4 Å². The average Bonchev–Trinajstić information content (AvgIpc) is 2.35. The van der Waals surface area contributed by atoms with Crippen molar-refractivity contribution in [3.8, 4) is 5.75 Å². The number of halogens is 1. The van der Waals surface area contributed by atoms with E-state index in [1.165, 1.54) is 5.56 Å². The molecule has 1 N–H and O–H groups in total. The van der Waals surface area contributed by atoms with Crippen molar-refractivity contribution in [3.05, 3.63) is 28.8 Å². The molecule has 0 aliphatic rings. The molecule has 0 spiro atoms. The molecule has 1 unspecified atom stereocenters. The van der Waals surface area contributed by atoms with E-state index in [0.717, 1.165) is 24.5 Å². The molecule has 17 heavy (non-hydrogen) atoms. The van der Waals surface area contributed by atoms with E-state index in [2.05, 4.69) is 24.6 Å². The lowest BCUT2D eigenvalue weighted by atomic mass is 10.1. The molecule has 1 aromatic rings. The Kier molecular flexibility index (Phi) is 6.78. The minimum atomic E-state index is 0.358. The van der Waals surface area contributed by atoms with E-state index in [1.807, 2.05) is 23.9 Å². The summed E-state index contributed by atoms with van der Waals surface area (Å²) in [4.78, 5) is 0. The lowest BCUT2D eigenvalue weighted by Crippen LogP contribution is -2.24. The zero-order valence-corrected chi connectivity index (χ0v) is 12.2. The van der Waals surface area contributed by atoms with Gasteiger partial charge >= 0.3 is 0 Å². The van der Waals surface area contributed by atoms with E-state index < -0.39 is 0 Å². The number of hydrogen-bond donors (Lipinski definition) is 1. The van der Waals surface area contributed by atoms with Gasteiger partial charge in [0.2, 0.25) is 0 Å². The van der Waals surface area contributed by atoms with E-state index in [0.29, 0.717) is 11.1 Å². The molecular weight excluding hydrogens is 254 g/mol. The minimum absolute atomic E-state index is 0.358. The highest BCUT2D eigenvalue weighted by Crippen LogP contribution is 2.28. The van der Waals surface area contributed by atoms with Crippen LogP contribution in [0.1, 0.15) is 24.9 Å². The first-order valence-electron chi connectivity index (χ1n) is 5.78. The van der Waals surface area contributed by atoms with Crippen LogP contribution in [0.4, 0.5) is 0 Å². The first-order chi connectivity index (χ1) is 8.22. The number of nitrogens with one attached hydrogen (secondary N) is 1. The Morgan fingerprint density at radius 3 is 2.82 bits per heavy atom. The van der Waals surface area contributed by atoms with Crippen LogP contribution in [0.3, 0.4) is 0 Å². The maximum atomic E-state index is 6.03. The predicted molar refractivity (Wildman–Crippen MR) is 77.4 cm³/mol. The summed E-state index contributed by atoms with van der Waals surface area (Å²) in [5, 5.41) is 4.20. The molecule has 0 aliphatic heterocycles. The quantitative estimate of drug-likeness (QED) is 0.818. The van der Waals surface area contributed by atoms with E-state index in [9.17, 15) is 0 Å². The molecule has 2 nitrogen and oxygen atoms in total. The van der Waals surface area contributed by atoms with Gasteiger partial charge in [-0.3, -0.25) is 0 Å². The molecule has 1 atom stereocenters. The van der Waals surface area contributed by atoms with Crippen LogP contribution in [0.15, 0.2) is 18.2 Å². The van der Waals surface area contributed by atoms with Gasteiger partial charge in [-0.05, 0) is 36.9 Å². The molecule has 0 heterocycles. The second kappa shape index (κ2) is 7.85. The van der Waals surface area contributed by atoms with E-state index >= 15 is 0 Å². The molecule has 0 aliphatic carbocycles. The normalized spacial score (nSPS) is 12.5. The molecule has 0 saturated heterocycles. The largest absolute Gasteiger partial charge is 0.495 e. The number of thioether (sulfide) groups is 1. The van der Waals surface area contributed by atoms with E-state index in [4.69, 9.17) is 16.3 Å². The van der Waals surface area contributed by atoms with Crippen LogP contribution in [-0.4, -0.2) is 25.7 Å². The van der Waals surface area contributed by atoms with Crippen molar-refractivity contribution in [3.63, 3.8) is 0 Å². The summed E-state index contributed by atoms with van der Waals surface area (Å²) in [5.41, 5.74) is 1.23. The lowest BCUT2D eigenvalue weighted by Gasteiger charge is -2.19. The zero-order chi connectivity index (χ0) is 12.7. The SMILES string of the molecule is CCCNC(CSC)c1ccc(Cl)c(OC)c1. The Bertz CT molecular complexity index is 346. The van der Waals surface area contributed by atoms with Gasteiger partial charge in [-0.25, -0.2) is 0 Å². The summed E-state index contributed by atoms with van der Waals surface area (Å²) in [6, 6.07) is 6.34. The summed E-state index contributed by atoms with van der Waals surface area (Å²) in [7, 11) is 1.65. The van der Waals surface area contributed by atoms with Gasteiger partial charge in [0.05, 0.1) is 12.1 Å². The standard InChI is InChI=1S/C13H20ClNOS/c1-4-7-15-12(9-17-3)10-5-6-11(14)13(8-10)16-2/h5-6,8,12,15H,4,7,9H2,1-3H3. The molecule has 1 aromatic carbocycles. The van der Waals surface area contributed by atoms with Gasteiger partial charge in [0.15, 0.2) is 0 Å². The Balaban J connectivity index is 2.85. The topological polar surface area (TPSA) is 21.3 Å². The third-order valence-corrected chi connectivity index (χ3v) is 3.53. The fourth-order valence-electron chi connectivity index (χ4n) is 1.65.